The highest BCUT2D eigenvalue weighted by molar-refractivity contribution is 6.30. The zero-order valence-electron chi connectivity index (χ0n) is 11.9. The van der Waals surface area contributed by atoms with Crippen LogP contribution in [-0.2, 0) is 11.3 Å². The molecular formula is C15H22ClN3O. The number of carbonyl (C=O) groups is 1. The molecular weight excluding hydrogens is 274 g/mol. The molecule has 0 radical (unpaired) electrons. The van der Waals surface area contributed by atoms with Gasteiger partial charge in [0.05, 0.1) is 0 Å². The molecule has 1 heterocycles. The van der Waals surface area contributed by atoms with Crippen molar-refractivity contribution in [1.29, 1.82) is 0 Å². The van der Waals surface area contributed by atoms with Gasteiger partial charge in [-0.1, -0.05) is 24.6 Å². The molecule has 1 aliphatic heterocycles. The second kappa shape index (κ2) is 6.95. The molecule has 4 nitrogen and oxygen atoms in total. The molecule has 1 unspecified atom stereocenters. The molecule has 0 spiro atoms. The van der Waals surface area contributed by atoms with E-state index in [1.807, 2.05) is 18.2 Å². The molecule has 1 saturated heterocycles. The Morgan fingerprint density at radius 1 is 1.55 bits per heavy atom. The van der Waals surface area contributed by atoms with Crippen LogP contribution < -0.4 is 16.0 Å². The van der Waals surface area contributed by atoms with Crippen molar-refractivity contribution < 1.29 is 4.79 Å². The minimum absolute atomic E-state index is 0.210. The number of amides is 1. The average molecular weight is 296 g/mol. The summed E-state index contributed by atoms with van der Waals surface area (Å²) in [5.74, 6) is -0.255. The summed E-state index contributed by atoms with van der Waals surface area (Å²) in [5, 5.41) is 4.08. The average Bonchev–Trinajstić information content (AvgIpc) is 2.90. The van der Waals surface area contributed by atoms with Gasteiger partial charge in [0.2, 0.25) is 5.91 Å². The number of hydrogen-bond donors (Lipinski definition) is 2. The van der Waals surface area contributed by atoms with E-state index in [4.69, 9.17) is 17.3 Å². The van der Waals surface area contributed by atoms with Gasteiger partial charge in [0.1, 0.15) is 6.04 Å². The number of halogens is 1. The molecule has 0 aliphatic carbocycles. The van der Waals surface area contributed by atoms with Crippen LogP contribution >= 0.6 is 11.6 Å². The lowest BCUT2D eigenvalue weighted by Gasteiger charge is -2.27. The largest absolute Gasteiger partial charge is 0.368 e. The zero-order chi connectivity index (χ0) is 14.5. The number of benzene rings is 1. The topological polar surface area (TPSA) is 58.4 Å². The second-order valence-electron chi connectivity index (χ2n) is 5.20. The molecule has 2 rings (SSSR count). The quantitative estimate of drug-likeness (QED) is 0.792. The molecule has 0 bridgehead atoms. The number of rotatable bonds is 6. The highest BCUT2D eigenvalue weighted by Gasteiger charge is 2.30. The Morgan fingerprint density at radius 2 is 2.35 bits per heavy atom. The summed E-state index contributed by atoms with van der Waals surface area (Å²) in [6, 6.07) is 5.64. The monoisotopic (exact) mass is 295 g/mol. The number of nitrogens with zero attached hydrogens (tertiary/aromatic N) is 1. The molecule has 0 saturated carbocycles. The smallest absolute Gasteiger partial charge is 0.240 e. The van der Waals surface area contributed by atoms with Gasteiger partial charge >= 0.3 is 0 Å². The van der Waals surface area contributed by atoms with E-state index in [9.17, 15) is 4.79 Å². The van der Waals surface area contributed by atoms with Crippen LogP contribution in [0, 0.1) is 0 Å². The fraction of sp³-hybridized carbons (Fsp3) is 0.533. The molecule has 1 atom stereocenters. The summed E-state index contributed by atoms with van der Waals surface area (Å²) in [7, 11) is 0. The molecule has 1 aliphatic rings. The maximum absolute atomic E-state index is 11.6. The summed E-state index contributed by atoms with van der Waals surface area (Å²) in [6.45, 7) is 4.75. The number of carbonyl (C=O) groups excluding carboxylic acids is 1. The molecule has 1 amide bonds. The van der Waals surface area contributed by atoms with Crippen molar-refractivity contribution in [1.82, 2.24) is 5.32 Å². The Hall–Kier alpha value is -1.26. The predicted octanol–water partition coefficient (Wildman–Crippen LogP) is 2.29. The van der Waals surface area contributed by atoms with Gasteiger partial charge in [-0.15, -0.1) is 0 Å². The van der Waals surface area contributed by atoms with Gasteiger partial charge in [-0.25, -0.2) is 0 Å². The number of primary amides is 1. The van der Waals surface area contributed by atoms with Crippen LogP contribution in [0.1, 0.15) is 31.7 Å². The number of anilines is 1. The number of hydrogen-bond acceptors (Lipinski definition) is 3. The third-order valence-corrected chi connectivity index (χ3v) is 3.92. The van der Waals surface area contributed by atoms with E-state index in [2.05, 4.69) is 17.1 Å². The van der Waals surface area contributed by atoms with Crippen molar-refractivity contribution in [2.75, 3.05) is 18.0 Å². The highest BCUT2D eigenvalue weighted by Crippen LogP contribution is 2.31. The summed E-state index contributed by atoms with van der Waals surface area (Å²) in [6.07, 6.45) is 2.90. The maximum atomic E-state index is 11.6. The first kappa shape index (κ1) is 15.1. The lowest BCUT2D eigenvalue weighted by atomic mass is 10.1. The van der Waals surface area contributed by atoms with E-state index in [0.29, 0.717) is 5.02 Å². The van der Waals surface area contributed by atoms with Crippen molar-refractivity contribution in [2.45, 2.75) is 38.8 Å². The van der Waals surface area contributed by atoms with E-state index in [1.165, 1.54) is 0 Å². The van der Waals surface area contributed by atoms with Crippen LogP contribution in [0.15, 0.2) is 18.2 Å². The number of nitrogens with one attached hydrogen (secondary N) is 1. The molecule has 3 N–H and O–H groups in total. The zero-order valence-corrected chi connectivity index (χ0v) is 12.6. The second-order valence-corrected chi connectivity index (χ2v) is 5.64. The first-order valence-electron chi connectivity index (χ1n) is 7.18. The van der Waals surface area contributed by atoms with Crippen molar-refractivity contribution in [3.8, 4) is 0 Å². The molecule has 1 aromatic carbocycles. The first-order chi connectivity index (χ1) is 9.63. The third-order valence-electron chi connectivity index (χ3n) is 3.68. The number of nitrogens with two attached hydrogens (primary N) is 1. The third kappa shape index (κ3) is 3.44. The molecule has 1 aromatic rings. The van der Waals surface area contributed by atoms with Gasteiger partial charge in [0.25, 0.3) is 0 Å². The molecule has 5 heteroatoms. The van der Waals surface area contributed by atoms with Crippen molar-refractivity contribution in [3.63, 3.8) is 0 Å². The first-order valence-corrected chi connectivity index (χ1v) is 7.56. The summed E-state index contributed by atoms with van der Waals surface area (Å²) in [5.41, 5.74) is 7.70. The molecule has 0 aromatic heterocycles. The fourth-order valence-electron chi connectivity index (χ4n) is 2.70. The Kier molecular flexibility index (Phi) is 5.26. The summed E-state index contributed by atoms with van der Waals surface area (Å²) >= 11 is 6.12. The molecule has 20 heavy (non-hydrogen) atoms. The van der Waals surface area contributed by atoms with Gasteiger partial charge < -0.3 is 16.0 Å². The SMILES string of the molecule is CCCNCc1ccc(Cl)cc1N1CCCC1C(N)=O. The van der Waals surface area contributed by atoms with E-state index in [0.717, 1.165) is 50.1 Å². The fourth-order valence-corrected chi connectivity index (χ4v) is 2.87. The van der Waals surface area contributed by atoms with Gasteiger partial charge in [0.15, 0.2) is 0 Å². The highest BCUT2D eigenvalue weighted by atomic mass is 35.5. The van der Waals surface area contributed by atoms with Crippen LogP contribution in [0.4, 0.5) is 5.69 Å². The van der Waals surface area contributed by atoms with E-state index in [1.54, 1.807) is 0 Å². The minimum atomic E-state index is -0.255. The Labute approximate surface area is 125 Å². The van der Waals surface area contributed by atoms with Crippen LogP contribution in [0.3, 0.4) is 0 Å². The van der Waals surface area contributed by atoms with Crippen molar-refractivity contribution in [2.24, 2.45) is 5.73 Å². The predicted molar refractivity (Wildman–Crippen MR) is 83.0 cm³/mol. The van der Waals surface area contributed by atoms with E-state index >= 15 is 0 Å². The lowest BCUT2D eigenvalue weighted by Crippen LogP contribution is -2.41. The minimum Gasteiger partial charge on any atom is -0.368 e. The van der Waals surface area contributed by atoms with Crippen LogP contribution in [0.5, 0.6) is 0 Å². The normalized spacial score (nSPS) is 18.5. The Bertz CT molecular complexity index is 478. The summed E-state index contributed by atoms with van der Waals surface area (Å²) in [4.78, 5) is 13.7. The van der Waals surface area contributed by atoms with Gasteiger partial charge in [-0.05, 0) is 43.5 Å². The Morgan fingerprint density at radius 3 is 3.05 bits per heavy atom. The Balaban J connectivity index is 2.24. The standard InChI is InChI=1S/C15H22ClN3O/c1-2-7-18-10-11-5-6-12(16)9-14(11)19-8-3-4-13(19)15(17)20/h5-6,9,13,18H,2-4,7-8,10H2,1H3,(H2,17,20). The lowest BCUT2D eigenvalue weighted by molar-refractivity contribution is -0.119. The summed E-state index contributed by atoms with van der Waals surface area (Å²) < 4.78 is 0. The van der Waals surface area contributed by atoms with Crippen molar-refractivity contribution >= 4 is 23.2 Å². The van der Waals surface area contributed by atoms with E-state index in [-0.39, 0.29) is 11.9 Å². The van der Waals surface area contributed by atoms with Gasteiger partial charge in [-0.2, -0.15) is 0 Å². The van der Waals surface area contributed by atoms with Crippen LogP contribution in [0.2, 0.25) is 5.02 Å². The molecule has 110 valence electrons. The van der Waals surface area contributed by atoms with Gasteiger partial charge in [-0.3, -0.25) is 4.79 Å². The maximum Gasteiger partial charge on any atom is 0.240 e. The van der Waals surface area contributed by atoms with Crippen LogP contribution in [0.25, 0.3) is 0 Å². The van der Waals surface area contributed by atoms with Crippen molar-refractivity contribution in [3.05, 3.63) is 28.8 Å². The van der Waals surface area contributed by atoms with Gasteiger partial charge in [0, 0.05) is 23.8 Å². The van der Waals surface area contributed by atoms with Crippen LogP contribution in [-0.4, -0.2) is 25.0 Å². The van der Waals surface area contributed by atoms with E-state index < -0.39 is 0 Å². The molecule has 1 fully saturated rings.